The first-order chi connectivity index (χ1) is 14.4. The third kappa shape index (κ3) is 4.21. The van der Waals surface area contributed by atoms with Gasteiger partial charge in [-0.1, -0.05) is 18.2 Å². The molecule has 0 aliphatic carbocycles. The Hall–Kier alpha value is -3.18. The SMILES string of the molecule is Cc1ccc2nc(-c3ccc(NC(=O)COc4c(C)ccc(C)c4C)cc3)sc2c1. The lowest BCUT2D eigenvalue weighted by atomic mass is 10.1. The van der Waals surface area contributed by atoms with Crippen LogP contribution in [0.3, 0.4) is 0 Å². The van der Waals surface area contributed by atoms with Gasteiger partial charge in [0.2, 0.25) is 0 Å². The van der Waals surface area contributed by atoms with E-state index in [4.69, 9.17) is 9.72 Å². The monoisotopic (exact) mass is 416 g/mol. The number of nitrogens with one attached hydrogen (secondary N) is 1. The van der Waals surface area contributed by atoms with Crippen LogP contribution < -0.4 is 10.1 Å². The summed E-state index contributed by atoms with van der Waals surface area (Å²) in [6.45, 7) is 8.10. The third-order valence-corrected chi connectivity index (χ3v) is 6.25. The number of hydrogen-bond donors (Lipinski definition) is 1. The number of carbonyl (C=O) groups excluding carboxylic acids is 1. The second-order valence-electron chi connectivity index (χ2n) is 7.56. The molecule has 3 aromatic carbocycles. The van der Waals surface area contributed by atoms with E-state index in [-0.39, 0.29) is 12.5 Å². The Morgan fingerprint density at radius 2 is 1.70 bits per heavy atom. The maximum absolute atomic E-state index is 12.4. The second-order valence-corrected chi connectivity index (χ2v) is 8.59. The fraction of sp³-hybridized carbons (Fsp3) is 0.200. The summed E-state index contributed by atoms with van der Waals surface area (Å²) in [5.41, 5.74) is 7.26. The van der Waals surface area contributed by atoms with Gasteiger partial charge in [-0.2, -0.15) is 0 Å². The molecule has 0 aliphatic heterocycles. The van der Waals surface area contributed by atoms with E-state index in [1.54, 1.807) is 11.3 Å². The van der Waals surface area contributed by atoms with Crippen molar-refractivity contribution in [3.63, 3.8) is 0 Å². The maximum Gasteiger partial charge on any atom is 0.262 e. The highest BCUT2D eigenvalue weighted by Gasteiger charge is 2.11. The van der Waals surface area contributed by atoms with Gasteiger partial charge in [0.25, 0.3) is 5.91 Å². The van der Waals surface area contributed by atoms with Gasteiger partial charge in [0.05, 0.1) is 10.2 Å². The molecule has 0 unspecified atom stereocenters. The number of hydrogen-bond acceptors (Lipinski definition) is 4. The lowest BCUT2D eigenvalue weighted by molar-refractivity contribution is -0.118. The molecule has 152 valence electrons. The van der Waals surface area contributed by atoms with Crippen molar-refractivity contribution in [1.82, 2.24) is 4.98 Å². The molecule has 0 spiro atoms. The van der Waals surface area contributed by atoms with Crippen LogP contribution in [0.15, 0.2) is 54.6 Å². The van der Waals surface area contributed by atoms with Gasteiger partial charge < -0.3 is 10.1 Å². The average Bonchev–Trinajstić information content (AvgIpc) is 3.14. The molecule has 0 aliphatic rings. The van der Waals surface area contributed by atoms with Gasteiger partial charge in [-0.05, 0) is 86.3 Å². The first-order valence-electron chi connectivity index (χ1n) is 9.88. The van der Waals surface area contributed by atoms with E-state index in [0.29, 0.717) is 0 Å². The van der Waals surface area contributed by atoms with Crippen LogP contribution in [-0.2, 0) is 4.79 Å². The van der Waals surface area contributed by atoms with Gasteiger partial charge in [0.15, 0.2) is 6.61 Å². The molecule has 1 heterocycles. The number of amides is 1. The van der Waals surface area contributed by atoms with Crippen molar-refractivity contribution >= 4 is 33.1 Å². The van der Waals surface area contributed by atoms with E-state index in [1.807, 2.05) is 51.1 Å². The molecule has 1 N–H and O–H groups in total. The number of nitrogens with zero attached hydrogens (tertiary/aromatic N) is 1. The van der Waals surface area contributed by atoms with Crippen molar-refractivity contribution in [2.24, 2.45) is 0 Å². The molecule has 0 saturated heterocycles. The molecular formula is C25H24N2O2S. The first-order valence-corrected chi connectivity index (χ1v) is 10.7. The molecule has 0 fully saturated rings. The van der Waals surface area contributed by atoms with Crippen LogP contribution in [0.1, 0.15) is 22.3 Å². The number of fused-ring (bicyclic) bond motifs is 1. The molecule has 4 nitrogen and oxygen atoms in total. The molecule has 0 atom stereocenters. The van der Waals surface area contributed by atoms with Gasteiger partial charge in [0, 0.05) is 11.3 Å². The summed E-state index contributed by atoms with van der Waals surface area (Å²) in [7, 11) is 0. The highest BCUT2D eigenvalue weighted by molar-refractivity contribution is 7.21. The van der Waals surface area contributed by atoms with Gasteiger partial charge in [0.1, 0.15) is 10.8 Å². The topological polar surface area (TPSA) is 51.2 Å². The van der Waals surface area contributed by atoms with E-state index >= 15 is 0 Å². The summed E-state index contributed by atoms with van der Waals surface area (Å²) in [6, 6.07) is 18.1. The molecule has 4 rings (SSSR count). The summed E-state index contributed by atoms with van der Waals surface area (Å²) in [5, 5.41) is 3.87. The van der Waals surface area contributed by atoms with Gasteiger partial charge in [-0.25, -0.2) is 4.98 Å². The Labute approximate surface area is 180 Å². The molecular weight excluding hydrogens is 392 g/mol. The fourth-order valence-electron chi connectivity index (χ4n) is 3.33. The Balaban J connectivity index is 1.42. The van der Waals surface area contributed by atoms with Crippen molar-refractivity contribution in [1.29, 1.82) is 0 Å². The number of ether oxygens (including phenoxy) is 1. The maximum atomic E-state index is 12.4. The molecule has 0 bridgehead atoms. The number of carbonyl (C=O) groups is 1. The minimum atomic E-state index is -0.182. The van der Waals surface area contributed by atoms with Crippen LogP contribution in [0, 0.1) is 27.7 Å². The summed E-state index contributed by atoms with van der Waals surface area (Å²) in [5.74, 6) is 0.602. The molecule has 1 amide bonds. The fourth-order valence-corrected chi connectivity index (χ4v) is 4.40. The van der Waals surface area contributed by atoms with Crippen LogP contribution in [0.5, 0.6) is 5.75 Å². The van der Waals surface area contributed by atoms with E-state index in [1.165, 1.54) is 10.3 Å². The second kappa shape index (κ2) is 8.28. The van der Waals surface area contributed by atoms with E-state index in [0.717, 1.165) is 44.2 Å². The largest absolute Gasteiger partial charge is 0.483 e. The average molecular weight is 417 g/mol. The Morgan fingerprint density at radius 3 is 2.47 bits per heavy atom. The lowest BCUT2D eigenvalue weighted by Gasteiger charge is -2.14. The van der Waals surface area contributed by atoms with E-state index in [9.17, 15) is 4.79 Å². The number of benzene rings is 3. The summed E-state index contributed by atoms with van der Waals surface area (Å²) in [4.78, 5) is 17.1. The number of aromatic nitrogens is 1. The quantitative estimate of drug-likeness (QED) is 0.420. The zero-order valence-corrected chi connectivity index (χ0v) is 18.4. The van der Waals surface area contributed by atoms with Crippen LogP contribution in [-0.4, -0.2) is 17.5 Å². The van der Waals surface area contributed by atoms with Crippen LogP contribution in [0.25, 0.3) is 20.8 Å². The molecule has 30 heavy (non-hydrogen) atoms. The molecule has 4 aromatic rings. The zero-order chi connectivity index (χ0) is 21.3. The smallest absolute Gasteiger partial charge is 0.262 e. The van der Waals surface area contributed by atoms with E-state index < -0.39 is 0 Å². The van der Waals surface area contributed by atoms with Crippen LogP contribution in [0.4, 0.5) is 5.69 Å². The first kappa shape index (κ1) is 20.1. The Kier molecular flexibility index (Phi) is 5.55. The van der Waals surface area contributed by atoms with Crippen molar-refractivity contribution in [2.45, 2.75) is 27.7 Å². The summed E-state index contributed by atoms with van der Waals surface area (Å²) < 4.78 is 6.98. The Bertz CT molecular complexity index is 1230. The zero-order valence-electron chi connectivity index (χ0n) is 17.6. The van der Waals surface area contributed by atoms with Crippen molar-refractivity contribution in [3.05, 3.63) is 76.9 Å². The van der Waals surface area contributed by atoms with Crippen LogP contribution in [0.2, 0.25) is 0 Å². The molecule has 5 heteroatoms. The third-order valence-electron chi connectivity index (χ3n) is 5.18. The predicted molar refractivity (Wildman–Crippen MR) is 125 cm³/mol. The number of aryl methyl sites for hydroxylation is 3. The number of rotatable bonds is 5. The molecule has 1 aromatic heterocycles. The van der Waals surface area contributed by atoms with E-state index in [2.05, 4.69) is 36.5 Å². The van der Waals surface area contributed by atoms with Crippen molar-refractivity contribution < 1.29 is 9.53 Å². The standard InChI is InChI=1S/C25H24N2O2S/c1-15-5-12-21-22(13-15)30-25(27-21)19-8-10-20(11-9-19)26-23(28)14-29-24-17(3)7-6-16(2)18(24)4/h5-13H,14H2,1-4H3,(H,26,28). The van der Waals surface area contributed by atoms with Gasteiger partial charge in [-0.15, -0.1) is 11.3 Å². The highest BCUT2D eigenvalue weighted by atomic mass is 32.1. The molecule has 0 radical (unpaired) electrons. The van der Waals surface area contributed by atoms with Crippen LogP contribution >= 0.6 is 11.3 Å². The minimum Gasteiger partial charge on any atom is -0.483 e. The predicted octanol–water partition coefficient (Wildman–Crippen LogP) is 6.21. The van der Waals surface area contributed by atoms with Crippen molar-refractivity contribution in [3.8, 4) is 16.3 Å². The lowest BCUT2D eigenvalue weighted by Crippen LogP contribution is -2.20. The Morgan fingerprint density at radius 1 is 0.967 bits per heavy atom. The summed E-state index contributed by atoms with van der Waals surface area (Å²) >= 11 is 1.68. The normalized spacial score (nSPS) is 10.9. The number of thiazole rings is 1. The number of anilines is 1. The summed E-state index contributed by atoms with van der Waals surface area (Å²) in [6.07, 6.45) is 0. The van der Waals surface area contributed by atoms with Crippen molar-refractivity contribution in [2.75, 3.05) is 11.9 Å². The highest BCUT2D eigenvalue weighted by Crippen LogP contribution is 2.31. The molecule has 0 saturated carbocycles. The minimum absolute atomic E-state index is 0.0237. The van der Waals surface area contributed by atoms with Gasteiger partial charge >= 0.3 is 0 Å². The van der Waals surface area contributed by atoms with Gasteiger partial charge in [-0.3, -0.25) is 4.79 Å².